The van der Waals surface area contributed by atoms with Crippen LogP contribution in [0.15, 0.2) is 39.8 Å². The van der Waals surface area contributed by atoms with Crippen molar-refractivity contribution in [3.63, 3.8) is 0 Å². The zero-order valence-corrected chi connectivity index (χ0v) is 11.1. The molecule has 0 aliphatic rings. The van der Waals surface area contributed by atoms with E-state index >= 15 is 0 Å². The average Bonchev–Trinajstić information content (AvgIpc) is 2.84. The second-order valence-corrected chi connectivity index (χ2v) is 4.53. The van der Waals surface area contributed by atoms with Crippen LogP contribution in [-0.4, -0.2) is 20.0 Å². The molecule has 0 unspecified atom stereocenters. The van der Waals surface area contributed by atoms with Crippen molar-refractivity contribution in [3.05, 3.63) is 52.1 Å². The minimum Gasteiger partial charge on any atom is -0.360 e. The van der Waals surface area contributed by atoms with E-state index in [1.165, 1.54) is 10.6 Å². The minimum atomic E-state index is -0.824. The van der Waals surface area contributed by atoms with Crippen LogP contribution in [0.5, 0.6) is 0 Å². The van der Waals surface area contributed by atoms with Crippen molar-refractivity contribution in [3.8, 4) is 5.82 Å². The van der Waals surface area contributed by atoms with E-state index in [9.17, 15) is 9.59 Å². The van der Waals surface area contributed by atoms with Gasteiger partial charge in [-0.05, 0) is 36.7 Å². The van der Waals surface area contributed by atoms with Crippen molar-refractivity contribution in [1.82, 2.24) is 14.7 Å². The number of hydrogen-bond acceptors (Lipinski definition) is 5. The van der Waals surface area contributed by atoms with Gasteiger partial charge < -0.3 is 4.52 Å². The maximum Gasteiger partial charge on any atom is 0.270 e. The van der Waals surface area contributed by atoms with Crippen LogP contribution in [0.2, 0.25) is 0 Å². The third-order valence-electron chi connectivity index (χ3n) is 2.82. The third kappa shape index (κ3) is 1.90. The van der Waals surface area contributed by atoms with Gasteiger partial charge in [0.15, 0.2) is 5.82 Å². The van der Waals surface area contributed by atoms with Crippen LogP contribution in [0.25, 0.3) is 16.9 Å². The topological polar surface area (TPSA) is 78.0 Å². The first-order chi connectivity index (χ1) is 9.58. The van der Waals surface area contributed by atoms with Crippen molar-refractivity contribution in [2.75, 3.05) is 0 Å². The quantitative estimate of drug-likeness (QED) is 0.675. The Morgan fingerprint density at radius 3 is 2.85 bits per heavy atom. The molecule has 0 aliphatic carbocycles. The fraction of sp³-hybridized carbons (Fsp3) is 0.0769. The molecule has 0 bridgehead atoms. The summed E-state index contributed by atoms with van der Waals surface area (Å²) in [6.07, 6.45) is 1.55. The third-order valence-corrected chi connectivity index (χ3v) is 3.02. The maximum absolute atomic E-state index is 12.4. The molecule has 20 heavy (non-hydrogen) atoms. The number of fused-ring (bicyclic) bond motifs is 1. The molecule has 0 saturated carbocycles. The standard InChI is InChI=1S/C13H8ClN3O3/c1-7-5-10(16-20-7)17-12-8(3-2-4-15-12)6-9(11(14)18)13(17)19/h2-6H,1H3. The van der Waals surface area contributed by atoms with Gasteiger partial charge in [0.25, 0.3) is 10.8 Å². The molecule has 3 heterocycles. The SMILES string of the molecule is Cc1cc(-n2c(=O)c(C(=O)Cl)cc3cccnc32)no1. The predicted molar refractivity (Wildman–Crippen MR) is 72.3 cm³/mol. The Labute approximate surface area is 117 Å². The molecule has 0 amide bonds. The van der Waals surface area contributed by atoms with Gasteiger partial charge in [0.1, 0.15) is 17.0 Å². The lowest BCUT2D eigenvalue weighted by molar-refractivity contribution is 0.108. The summed E-state index contributed by atoms with van der Waals surface area (Å²) in [7, 11) is 0. The maximum atomic E-state index is 12.4. The number of aryl methyl sites for hydroxylation is 1. The Kier molecular flexibility index (Phi) is 2.87. The number of pyridine rings is 2. The molecule has 3 aromatic rings. The molecule has 3 rings (SSSR count). The van der Waals surface area contributed by atoms with Crippen molar-refractivity contribution >= 4 is 27.9 Å². The first-order valence-corrected chi connectivity index (χ1v) is 6.10. The molecule has 0 aliphatic heterocycles. The minimum absolute atomic E-state index is 0.132. The summed E-state index contributed by atoms with van der Waals surface area (Å²) in [5.74, 6) is 0.801. The van der Waals surface area contributed by atoms with Crippen LogP contribution >= 0.6 is 11.6 Å². The number of aromatic nitrogens is 3. The fourth-order valence-corrected chi connectivity index (χ4v) is 2.09. The average molecular weight is 290 g/mol. The molecule has 100 valence electrons. The monoisotopic (exact) mass is 289 g/mol. The summed E-state index contributed by atoms with van der Waals surface area (Å²) in [4.78, 5) is 27.9. The number of nitrogens with zero attached hydrogens (tertiary/aromatic N) is 3. The molecular weight excluding hydrogens is 282 g/mol. The predicted octanol–water partition coefficient (Wildman–Crippen LogP) is 2.06. The summed E-state index contributed by atoms with van der Waals surface area (Å²) >= 11 is 5.46. The highest BCUT2D eigenvalue weighted by Crippen LogP contribution is 2.16. The molecule has 3 aromatic heterocycles. The summed E-state index contributed by atoms with van der Waals surface area (Å²) < 4.78 is 6.18. The van der Waals surface area contributed by atoms with E-state index < -0.39 is 10.8 Å². The molecule has 0 atom stereocenters. The Balaban J connectivity index is 2.47. The van der Waals surface area contributed by atoms with E-state index in [-0.39, 0.29) is 11.4 Å². The second kappa shape index (κ2) is 4.57. The Bertz CT molecular complexity index is 882. The zero-order chi connectivity index (χ0) is 14.3. The van der Waals surface area contributed by atoms with E-state index in [4.69, 9.17) is 16.1 Å². The van der Waals surface area contributed by atoms with E-state index in [0.29, 0.717) is 16.8 Å². The molecular formula is C13H8ClN3O3. The van der Waals surface area contributed by atoms with Crippen LogP contribution in [0.1, 0.15) is 16.1 Å². The first kappa shape index (κ1) is 12.6. The smallest absolute Gasteiger partial charge is 0.270 e. The normalized spacial score (nSPS) is 10.9. The van der Waals surface area contributed by atoms with E-state index in [0.717, 1.165) is 0 Å². The highest BCUT2D eigenvalue weighted by molar-refractivity contribution is 6.67. The number of hydrogen-bond donors (Lipinski definition) is 0. The highest BCUT2D eigenvalue weighted by atomic mass is 35.5. The van der Waals surface area contributed by atoms with E-state index in [1.807, 2.05) is 0 Å². The number of carbonyl (C=O) groups excluding carboxylic acids is 1. The van der Waals surface area contributed by atoms with E-state index in [2.05, 4.69) is 10.1 Å². The van der Waals surface area contributed by atoms with Crippen molar-refractivity contribution in [2.45, 2.75) is 6.92 Å². The highest BCUT2D eigenvalue weighted by Gasteiger charge is 2.17. The zero-order valence-electron chi connectivity index (χ0n) is 10.3. The molecule has 0 spiro atoms. The van der Waals surface area contributed by atoms with Gasteiger partial charge in [-0.3, -0.25) is 9.59 Å². The van der Waals surface area contributed by atoms with Crippen LogP contribution < -0.4 is 5.56 Å². The first-order valence-electron chi connectivity index (χ1n) is 5.72. The van der Waals surface area contributed by atoms with Crippen molar-refractivity contribution < 1.29 is 9.32 Å². The fourth-order valence-electron chi connectivity index (χ4n) is 1.95. The molecule has 0 saturated heterocycles. The number of rotatable bonds is 2. The molecule has 0 radical (unpaired) electrons. The van der Waals surface area contributed by atoms with Gasteiger partial charge in [-0.25, -0.2) is 9.55 Å². The Hall–Kier alpha value is -2.47. The van der Waals surface area contributed by atoms with Gasteiger partial charge in [-0.2, -0.15) is 0 Å². The summed E-state index contributed by atoms with van der Waals surface area (Å²) in [5.41, 5.74) is -0.329. The van der Waals surface area contributed by atoms with Crippen LogP contribution in [0.3, 0.4) is 0 Å². The van der Waals surface area contributed by atoms with Crippen molar-refractivity contribution in [1.29, 1.82) is 0 Å². The summed E-state index contributed by atoms with van der Waals surface area (Å²) in [6, 6.07) is 6.43. The van der Waals surface area contributed by atoms with Crippen LogP contribution in [0, 0.1) is 6.92 Å². The van der Waals surface area contributed by atoms with E-state index in [1.54, 1.807) is 31.3 Å². The Morgan fingerprint density at radius 1 is 1.40 bits per heavy atom. The van der Waals surface area contributed by atoms with Crippen LogP contribution in [-0.2, 0) is 0 Å². The Morgan fingerprint density at radius 2 is 2.20 bits per heavy atom. The van der Waals surface area contributed by atoms with Crippen molar-refractivity contribution in [2.24, 2.45) is 0 Å². The van der Waals surface area contributed by atoms with Gasteiger partial charge >= 0.3 is 0 Å². The molecule has 7 heteroatoms. The molecule has 6 nitrogen and oxygen atoms in total. The largest absolute Gasteiger partial charge is 0.360 e. The lowest BCUT2D eigenvalue weighted by atomic mass is 10.2. The number of carbonyl (C=O) groups is 1. The van der Waals surface area contributed by atoms with Gasteiger partial charge in [0.05, 0.1) is 0 Å². The molecule has 0 N–H and O–H groups in total. The van der Waals surface area contributed by atoms with Crippen LogP contribution in [0.4, 0.5) is 0 Å². The second-order valence-electron chi connectivity index (χ2n) is 4.18. The summed E-state index contributed by atoms with van der Waals surface area (Å²) in [6.45, 7) is 1.70. The summed E-state index contributed by atoms with van der Waals surface area (Å²) in [5, 5.41) is 3.57. The van der Waals surface area contributed by atoms with Gasteiger partial charge in [-0.1, -0.05) is 5.16 Å². The van der Waals surface area contributed by atoms with Gasteiger partial charge in [0.2, 0.25) is 0 Å². The molecule has 0 aromatic carbocycles. The van der Waals surface area contributed by atoms with Gasteiger partial charge in [0, 0.05) is 17.6 Å². The number of halogens is 1. The van der Waals surface area contributed by atoms with Gasteiger partial charge in [-0.15, -0.1) is 0 Å². The lowest BCUT2D eigenvalue weighted by Gasteiger charge is -2.07. The molecule has 0 fully saturated rings. The lowest BCUT2D eigenvalue weighted by Crippen LogP contribution is -2.24.